The van der Waals surface area contributed by atoms with Gasteiger partial charge in [0.1, 0.15) is 0 Å². The monoisotopic (exact) mass is 258 g/mol. The van der Waals surface area contributed by atoms with Crippen molar-refractivity contribution in [3.8, 4) is 5.88 Å². The molecule has 0 radical (unpaired) electrons. The lowest BCUT2D eigenvalue weighted by Crippen LogP contribution is -2.06. The van der Waals surface area contributed by atoms with Crippen LogP contribution in [0.1, 0.15) is 23.0 Å². The number of methoxy groups -OCH3 is 1. The first-order chi connectivity index (χ1) is 8.34. The summed E-state index contributed by atoms with van der Waals surface area (Å²) in [5.41, 5.74) is -0.817. The normalized spacial score (nSPS) is 11.8. The summed E-state index contributed by atoms with van der Waals surface area (Å²) >= 11 is 0. The average molecular weight is 258 g/mol. The van der Waals surface area contributed by atoms with Crippen LogP contribution in [0.15, 0.2) is 18.2 Å². The number of carbonyl (C=O) groups excluding carboxylic acids is 1. The van der Waals surface area contributed by atoms with Crippen LogP contribution in [-0.4, -0.2) is 22.5 Å². The van der Waals surface area contributed by atoms with Crippen LogP contribution in [0.4, 0.5) is 13.2 Å². The molecule has 0 aliphatic rings. The van der Waals surface area contributed by atoms with Gasteiger partial charge in [-0.25, -0.2) is 0 Å². The number of fused-ring (bicyclic) bond motifs is 1. The topological polar surface area (TPSA) is 43.6 Å². The number of aromatic nitrogens is 2. The summed E-state index contributed by atoms with van der Waals surface area (Å²) in [7, 11) is 1.32. The summed E-state index contributed by atoms with van der Waals surface area (Å²) in [5, 5.41) is 3.41. The van der Waals surface area contributed by atoms with Gasteiger partial charge in [-0.05, 0) is 19.1 Å². The number of ether oxygens (including phenoxy) is 1. The Kier molecular flexibility index (Phi) is 2.76. The van der Waals surface area contributed by atoms with E-state index in [-0.39, 0.29) is 22.7 Å². The molecule has 2 heterocycles. The number of pyridine rings is 1. The largest absolute Gasteiger partial charge is 0.481 e. The Labute approximate surface area is 100.0 Å². The highest BCUT2D eigenvalue weighted by Gasteiger charge is 2.35. The lowest BCUT2D eigenvalue weighted by atomic mass is 10.1. The minimum Gasteiger partial charge on any atom is -0.481 e. The molecule has 0 aliphatic heterocycles. The predicted molar refractivity (Wildman–Crippen MR) is 56.8 cm³/mol. The molecule has 7 heteroatoms. The Morgan fingerprint density at radius 1 is 1.39 bits per heavy atom. The number of rotatable bonds is 2. The van der Waals surface area contributed by atoms with Crippen molar-refractivity contribution in [1.29, 1.82) is 0 Å². The van der Waals surface area contributed by atoms with Gasteiger partial charge in [-0.1, -0.05) is 0 Å². The van der Waals surface area contributed by atoms with Crippen LogP contribution in [0.2, 0.25) is 0 Å². The van der Waals surface area contributed by atoms with Gasteiger partial charge in [-0.15, -0.1) is 0 Å². The van der Waals surface area contributed by atoms with E-state index in [2.05, 4.69) is 5.10 Å². The number of hydrogen-bond donors (Lipinski definition) is 0. The maximum absolute atomic E-state index is 12.6. The van der Waals surface area contributed by atoms with Crippen LogP contribution < -0.4 is 4.74 Å². The Bertz CT molecular complexity index is 617. The van der Waals surface area contributed by atoms with Gasteiger partial charge < -0.3 is 4.74 Å². The molecule has 2 rings (SSSR count). The van der Waals surface area contributed by atoms with Gasteiger partial charge in [0.05, 0.1) is 12.6 Å². The molecule has 0 atom stereocenters. The second kappa shape index (κ2) is 4.01. The van der Waals surface area contributed by atoms with Gasteiger partial charge in [0, 0.05) is 11.6 Å². The number of alkyl halides is 3. The van der Waals surface area contributed by atoms with Gasteiger partial charge in [-0.3, -0.25) is 4.79 Å². The molecule has 0 bridgehead atoms. The highest BCUT2D eigenvalue weighted by Crippen LogP contribution is 2.31. The average Bonchev–Trinajstić information content (AvgIpc) is 2.71. The molecule has 4 nitrogen and oxygen atoms in total. The Hall–Kier alpha value is -2.05. The molecule has 0 saturated carbocycles. The Morgan fingerprint density at radius 3 is 2.56 bits per heavy atom. The maximum Gasteiger partial charge on any atom is 0.435 e. The predicted octanol–water partition coefficient (Wildman–Crippen LogP) is 2.56. The van der Waals surface area contributed by atoms with E-state index in [0.717, 1.165) is 10.6 Å². The zero-order chi connectivity index (χ0) is 13.5. The van der Waals surface area contributed by atoms with Crippen LogP contribution in [0.3, 0.4) is 0 Å². The van der Waals surface area contributed by atoms with Gasteiger partial charge in [0.25, 0.3) is 0 Å². The van der Waals surface area contributed by atoms with E-state index >= 15 is 0 Å². The van der Waals surface area contributed by atoms with Crippen LogP contribution in [0.5, 0.6) is 5.88 Å². The standard InChI is InChI=1S/C11H9F3N2O2/c1-6(17)7-3-4-10(18-2)16-8(7)5-9(15-16)11(12,13)14/h3-5H,1-2H3. The number of hydrogen-bond acceptors (Lipinski definition) is 3. The number of nitrogens with zero attached hydrogens (tertiary/aromatic N) is 2. The third kappa shape index (κ3) is 1.92. The zero-order valence-electron chi connectivity index (χ0n) is 9.58. The van der Waals surface area contributed by atoms with Crippen molar-refractivity contribution in [2.75, 3.05) is 7.11 Å². The number of carbonyl (C=O) groups is 1. The first-order valence-electron chi connectivity index (χ1n) is 4.99. The van der Waals surface area contributed by atoms with E-state index in [1.54, 1.807) is 0 Å². The van der Waals surface area contributed by atoms with E-state index in [9.17, 15) is 18.0 Å². The van der Waals surface area contributed by atoms with Crippen LogP contribution in [0.25, 0.3) is 5.52 Å². The molecular weight excluding hydrogens is 249 g/mol. The molecule has 0 aromatic carbocycles. The van der Waals surface area contributed by atoms with E-state index < -0.39 is 11.9 Å². The molecule has 2 aromatic heterocycles. The maximum atomic E-state index is 12.6. The summed E-state index contributed by atoms with van der Waals surface area (Å²) in [6, 6.07) is 3.65. The highest BCUT2D eigenvalue weighted by atomic mass is 19.4. The summed E-state index contributed by atoms with van der Waals surface area (Å²) in [6.45, 7) is 1.28. The fraction of sp³-hybridized carbons (Fsp3) is 0.273. The smallest absolute Gasteiger partial charge is 0.435 e. The molecule has 0 N–H and O–H groups in total. The van der Waals surface area contributed by atoms with Crippen LogP contribution >= 0.6 is 0 Å². The third-order valence-electron chi connectivity index (χ3n) is 2.47. The fourth-order valence-electron chi connectivity index (χ4n) is 1.64. The summed E-state index contributed by atoms with van der Waals surface area (Å²) in [6.07, 6.45) is -4.56. The van der Waals surface area contributed by atoms with E-state index in [0.29, 0.717) is 0 Å². The molecule has 96 valence electrons. The van der Waals surface area contributed by atoms with Gasteiger partial charge >= 0.3 is 6.18 Å². The summed E-state index contributed by atoms with van der Waals surface area (Å²) in [5.74, 6) is -0.207. The quantitative estimate of drug-likeness (QED) is 0.777. The first kappa shape index (κ1) is 12.4. The number of halogens is 3. The first-order valence-corrected chi connectivity index (χ1v) is 4.99. The van der Waals surface area contributed by atoms with Gasteiger partial charge in [-0.2, -0.15) is 22.8 Å². The minimum atomic E-state index is -4.56. The molecule has 0 spiro atoms. The molecule has 0 unspecified atom stereocenters. The van der Waals surface area contributed by atoms with Crippen molar-refractivity contribution in [1.82, 2.24) is 9.61 Å². The number of ketones is 1. The minimum absolute atomic E-state index is 0.0779. The zero-order valence-corrected chi connectivity index (χ0v) is 9.58. The molecule has 18 heavy (non-hydrogen) atoms. The highest BCUT2D eigenvalue weighted by molar-refractivity contribution is 6.00. The van der Waals surface area contributed by atoms with Gasteiger partial charge in [0.15, 0.2) is 11.5 Å². The van der Waals surface area contributed by atoms with E-state index in [4.69, 9.17) is 4.74 Å². The van der Waals surface area contributed by atoms with E-state index in [1.807, 2.05) is 0 Å². The molecule has 0 aliphatic carbocycles. The molecule has 2 aromatic rings. The second-order valence-corrected chi connectivity index (χ2v) is 3.67. The molecule has 0 fully saturated rings. The van der Waals surface area contributed by atoms with Crippen molar-refractivity contribution in [2.45, 2.75) is 13.1 Å². The summed E-state index contributed by atoms with van der Waals surface area (Å²) in [4.78, 5) is 11.4. The van der Waals surface area contributed by atoms with Crippen molar-refractivity contribution < 1.29 is 22.7 Å². The molecular formula is C11H9F3N2O2. The lowest BCUT2D eigenvalue weighted by molar-refractivity contribution is -0.141. The Balaban J connectivity index is 2.78. The lowest BCUT2D eigenvalue weighted by Gasteiger charge is -2.05. The number of Topliss-reactive ketones (excluding diaryl/α,β-unsaturated/α-hetero) is 1. The molecule has 0 saturated heterocycles. The summed E-state index contributed by atoms with van der Waals surface area (Å²) < 4.78 is 43.7. The van der Waals surface area contributed by atoms with Crippen molar-refractivity contribution in [3.63, 3.8) is 0 Å². The SMILES string of the molecule is COc1ccc(C(C)=O)c2cc(C(F)(F)F)nn12. The second-order valence-electron chi connectivity index (χ2n) is 3.67. The van der Waals surface area contributed by atoms with Crippen molar-refractivity contribution in [2.24, 2.45) is 0 Å². The van der Waals surface area contributed by atoms with E-state index in [1.165, 1.54) is 26.2 Å². The van der Waals surface area contributed by atoms with Crippen molar-refractivity contribution >= 4 is 11.3 Å². The van der Waals surface area contributed by atoms with Gasteiger partial charge in [0.2, 0.25) is 5.88 Å². The Morgan fingerprint density at radius 2 is 2.06 bits per heavy atom. The molecule has 0 amide bonds. The third-order valence-corrected chi connectivity index (χ3v) is 2.47. The van der Waals surface area contributed by atoms with Crippen LogP contribution in [0, 0.1) is 0 Å². The van der Waals surface area contributed by atoms with Crippen molar-refractivity contribution in [3.05, 3.63) is 29.5 Å². The van der Waals surface area contributed by atoms with Crippen LogP contribution in [-0.2, 0) is 6.18 Å². The fourth-order valence-corrected chi connectivity index (χ4v) is 1.64.